The van der Waals surface area contributed by atoms with E-state index in [2.05, 4.69) is 19.2 Å². The van der Waals surface area contributed by atoms with Crippen LogP contribution in [0, 0.1) is 0 Å². The van der Waals surface area contributed by atoms with E-state index >= 15 is 0 Å². The summed E-state index contributed by atoms with van der Waals surface area (Å²) in [6.07, 6.45) is 0. The molecule has 6 heteroatoms. The van der Waals surface area contributed by atoms with Gasteiger partial charge in [-0.05, 0) is 35.7 Å². The minimum Gasteiger partial charge on any atom is -0.332 e. The summed E-state index contributed by atoms with van der Waals surface area (Å²) in [6, 6.07) is 14.5. The zero-order chi connectivity index (χ0) is 19.6. The first kappa shape index (κ1) is 18.6. The number of benzene rings is 2. The molecule has 0 radical (unpaired) electrons. The Morgan fingerprint density at radius 1 is 1.07 bits per heavy atom. The zero-order valence-electron chi connectivity index (χ0n) is 15.7. The van der Waals surface area contributed by atoms with E-state index in [1.165, 1.54) is 15.4 Å². The maximum Gasteiger partial charge on any atom is 0.256 e. The SMILES string of the molecule is CC(C)c1ccc(NC(=O)CN2C(=O)CN(C)C(=O)c3ccccc32)cc1. The van der Waals surface area contributed by atoms with Crippen molar-refractivity contribution in [1.82, 2.24) is 4.90 Å². The summed E-state index contributed by atoms with van der Waals surface area (Å²) in [6.45, 7) is 4.00. The van der Waals surface area contributed by atoms with Gasteiger partial charge in [0.1, 0.15) is 13.1 Å². The summed E-state index contributed by atoms with van der Waals surface area (Å²) >= 11 is 0. The Balaban J connectivity index is 1.79. The molecule has 1 heterocycles. The number of hydrogen-bond donors (Lipinski definition) is 1. The molecule has 0 bridgehead atoms. The standard InChI is InChI=1S/C21H23N3O3/c1-14(2)15-8-10-16(11-9-15)22-19(25)12-24-18-7-5-4-6-17(18)21(27)23(3)13-20(24)26/h4-11,14H,12-13H2,1-3H3,(H,22,25). The minimum absolute atomic E-state index is 0.0656. The number of fused-ring (bicyclic) bond motifs is 1. The van der Waals surface area contributed by atoms with Gasteiger partial charge in [-0.25, -0.2) is 0 Å². The molecule has 3 amide bonds. The normalized spacial score (nSPS) is 14.2. The highest BCUT2D eigenvalue weighted by Gasteiger charge is 2.30. The van der Waals surface area contributed by atoms with Crippen LogP contribution in [0.15, 0.2) is 48.5 Å². The van der Waals surface area contributed by atoms with Gasteiger partial charge < -0.3 is 15.1 Å². The van der Waals surface area contributed by atoms with Gasteiger partial charge in [0.15, 0.2) is 0 Å². The summed E-state index contributed by atoms with van der Waals surface area (Å²) in [7, 11) is 1.58. The number of carbonyl (C=O) groups excluding carboxylic acids is 3. The Labute approximate surface area is 158 Å². The molecule has 0 spiro atoms. The third kappa shape index (κ3) is 4.00. The largest absolute Gasteiger partial charge is 0.332 e. The van der Waals surface area contributed by atoms with Gasteiger partial charge >= 0.3 is 0 Å². The van der Waals surface area contributed by atoms with Crippen molar-refractivity contribution in [2.24, 2.45) is 0 Å². The predicted octanol–water partition coefficient (Wildman–Crippen LogP) is 2.87. The number of nitrogens with one attached hydrogen (secondary N) is 1. The summed E-state index contributed by atoms with van der Waals surface area (Å²) < 4.78 is 0. The molecule has 0 unspecified atom stereocenters. The fourth-order valence-corrected chi connectivity index (χ4v) is 3.06. The van der Waals surface area contributed by atoms with Gasteiger partial charge in [-0.1, -0.05) is 38.1 Å². The topological polar surface area (TPSA) is 69.7 Å². The fourth-order valence-electron chi connectivity index (χ4n) is 3.06. The van der Waals surface area contributed by atoms with Crippen LogP contribution < -0.4 is 10.2 Å². The Morgan fingerprint density at radius 3 is 2.41 bits per heavy atom. The molecule has 1 aliphatic heterocycles. The molecule has 27 heavy (non-hydrogen) atoms. The quantitative estimate of drug-likeness (QED) is 0.906. The Hall–Kier alpha value is -3.15. The molecule has 1 N–H and O–H groups in total. The van der Waals surface area contributed by atoms with E-state index in [0.29, 0.717) is 22.9 Å². The van der Waals surface area contributed by atoms with Gasteiger partial charge in [0, 0.05) is 12.7 Å². The van der Waals surface area contributed by atoms with Crippen molar-refractivity contribution < 1.29 is 14.4 Å². The van der Waals surface area contributed by atoms with Crippen LogP contribution in [0.25, 0.3) is 0 Å². The van der Waals surface area contributed by atoms with Gasteiger partial charge in [0.25, 0.3) is 5.91 Å². The number of para-hydroxylation sites is 1. The molecule has 0 fully saturated rings. The first-order valence-electron chi connectivity index (χ1n) is 8.91. The van der Waals surface area contributed by atoms with Gasteiger partial charge in [-0.2, -0.15) is 0 Å². The van der Waals surface area contributed by atoms with Crippen LogP contribution in [0.2, 0.25) is 0 Å². The third-order valence-electron chi connectivity index (χ3n) is 4.61. The molecule has 140 valence electrons. The summed E-state index contributed by atoms with van der Waals surface area (Å²) in [4.78, 5) is 40.3. The van der Waals surface area contributed by atoms with Crippen molar-refractivity contribution >= 4 is 29.1 Å². The van der Waals surface area contributed by atoms with Crippen LogP contribution in [-0.4, -0.2) is 42.8 Å². The number of anilines is 2. The van der Waals surface area contributed by atoms with E-state index < -0.39 is 0 Å². The number of carbonyl (C=O) groups is 3. The van der Waals surface area contributed by atoms with E-state index in [1.54, 1.807) is 31.3 Å². The molecular weight excluding hydrogens is 342 g/mol. The lowest BCUT2D eigenvalue weighted by molar-refractivity contribution is -0.121. The third-order valence-corrected chi connectivity index (χ3v) is 4.61. The molecular formula is C21H23N3O3. The van der Waals surface area contributed by atoms with Crippen LogP contribution in [0.4, 0.5) is 11.4 Å². The average molecular weight is 365 g/mol. The Bertz CT molecular complexity index is 874. The van der Waals surface area contributed by atoms with Gasteiger partial charge in [-0.15, -0.1) is 0 Å². The molecule has 3 rings (SSSR count). The second kappa shape index (κ2) is 7.61. The maximum absolute atomic E-state index is 12.6. The van der Waals surface area contributed by atoms with Crippen molar-refractivity contribution in [2.45, 2.75) is 19.8 Å². The molecule has 2 aromatic rings. The maximum atomic E-state index is 12.6. The minimum atomic E-state index is -0.313. The molecule has 0 saturated heterocycles. The van der Waals surface area contributed by atoms with Crippen LogP contribution >= 0.6 is 0 Å². The molecule has 0 atom stereocenters. The molecule has 0 aliphatic carbocycles. The number of likely N-dealkylation sites (N-methyl/N-ethyl adjacent to an activating group) is 1. The molecule has 2 aromatic carbocycles. The van der Waals surface area contributed by atoms with E-state index in [-0.39, 0.29) is 30.8 Å². The van der Waals surface area contributed by atoms with Crippen LogP contribution in [-0.2, 0) is 9.59 Å². The van der Waals surface area contributed by atoms with Crippen molar-refractivity contribution in [3.63, 3.8) is 0 Å². The fraction of sp³-hybridized carbons (Fsp3) is 0.286. The first-order chi connectivity index (χ1) is 12.9. The lowest BCUT2D eigenvalue weighted by atomic mass is 10.0. The van der Waals surface area contributed by atoms with Gasteiger partial charge in [0.05, 0.1) is 11.3 Å². The first-order valence-corrected chi connectivity index (χ1v) is 8.91. The van der Waals surface area contributed by atoms with E-state index in [9.17, 15) is 14.4 Å². The monoisotopic (exact) mass is 365 g/mol. The highest BCUT2D eigenvalue weighted by Crippen LogP contribution is 2.25. The predicted molar refractivity (Wildman–Crippen MR) is 105 cm³/mol. The molecule has 0 saturated carbocycles. The Morgan fingerprint density at radius 2 is 1.74 bits per heavy atom. The highest BCUT2D eigenvalue weighted by molar-refractivity contribution is 6.12. The van der Waals surface area contributed by atoms with Crippen molar-refractivity contribution in [3.8, 4) is 0 Å². The number of nitrogens with zero attached hydrogens (tertiary/aromatic N) is 2. The summed E-state index contributed by atoms with van der Waals surface area (Å²) in [5.74, 6) is -0.421. The zero-order valence-corrected chi connectivity index (χ0v) is 15.7. The highest BCUT2D eigenvalue weighted by atomic mass is 16.2. The lowest BCUT2D eigenvalue weighted by Crippen LogP contribution is -2.41. The van der Waals surface area contributed by atoms with Crippen molar-refractivity contribution in [2.75, 3.05) is 30.4 Å². The number of amides is 3. The van der Waals surface area contributed by atoms with Crippen LogP contribution in [0.3, 0.4) is 0 Å². The Kier molecular flexibility index (Phi) is 5.26. The number of rotatable bonds is 4. The molecule has 1 aliphatic rings. The van der Waals surface area contributed by atoms with Crippen LogP contribution in [0.5, 0.6) is 0 Å². The lowest BCUT2D eigenvalue weighted by Gasteiger charge is -2.21. The summed E-state index contributed by atoms with van der Waals surface area (Å²) in [5.41, 5.74) is 2.74. The molecule has 0 aromatic heterocycles. The van der Waals surface area contributed by atoms with E-state index in [0.717, 1.165) is 0 Å². The second-order valence-corrected chi connectivity index (χ2v) is 6.98. The van der Waals surface area contributed by atoms with Gasteiger partial charge in [-0.3, -0.25) is 14.4 Å². The van der Waals surface area contributed by atoms with Crippen LogP contribution in [0.1, 0.15) is 35.7 Å². The summed E-state index contributed by atoms with van der Waals surface area (Å²) in [5, 5.41) is 2.82. The molecule has 6 nitrogen and oxygen atoms in total. The second-order valence-electron chi connectivity index (χ2n) is 6.98. The van der Waals surface area contributed by atoms with Crippen molar-refractivity contribution in [3.05, 3.63) is 59.7 Å². The average Bonchev–Trinajstić information content (AvgIpc) is 2.73. The van der Waals surface area contributed by atoms with Gasteiger partial charge in [0.2, 0.25) is 11.8 Å². The van der Waals surface area contributed by atoms with Crippen molar-refractivity contribution in [1.29, 1.82) is 0 Å². The van der Waals surface area contributed by atoms with E-state index in [1.807, 2.05) is 24.3 Å². The van der Waals surface area contributed by atoms with E-state index in [4.69, 9.17) is 0 Å². The smallest absolute Gasteiger partial charge is 0.256 e. The number of hydrogen-bond acceptors (Lipinski definition) is 3.